The van der Waals surface area contributed by atoms with Crippen molar-refractivity contribution < 1.29 is 9.59 Å². The predicted octanol–water partition coefficient (Wildman–Crippen LogP) is 3.19. The summed E-state index contributed by atoms with van der Waals surface area (Å²) in [4.78, 5) is 25.6. The molecule has 0 aromatic heterocycles. The van der Waals surface area contributed by atoms with Gasteiger partial charge in [-0.2, -0.15) is 0 Å². The highest BCUT2D eigenvalue weighted by molar-refractivity contribution is 6.13. The van der Waals surface area contributed by atoms with E-state index in [1.165, 1.54) is 39.3 Å². The molecule has 0 saturated carbocycles. The molecule has 23 heavy (non-hydrogen) atoms. The number of carbonyl (C=O) groups excluding carboxylic acids is 2. The molecule has 0 bridgehead atoms. The maximum atomic E-state index is 12.1. The summed E-state index contributed by atoms with van der Waals surface area (Å²) < 4.78 is 0. The third-order valence-electron chi connectivity index (χ3n) is 4.70. The van der Waals surface area contributed by atoms with Gasteiger partial charge in [-0.05, 0) is 41.5 Å². The Bertz CT molecular complexity index is 790. The largest absolute Gasteiger partial charge is 0.269 e. The van der Waals surface area contributed by atoms with Gasteiger partial charge in [-0.25, -0.2) is 0 Å². The van der Waals surface area contributed by atoms with E-state index < -0.39 is 0 Å². The highest BCUT2D eigenvalue weighted by Crippen LogP contribution is 2.40. The molecule has 0 unspecified atom stereocenters. The van der Waals surface area contributed by atoms with Gasteiger partial charge in [-0.15, -0.1) is 0 Å². The van der Waals surface area contributed by atoms with Gasteiger partial charge in [0.1, 0.15) is 0 Å². The van der Waals surface area contributed by atoms with E-state index in [9.17, 15) is 9.59 Å². The Morgan fingerprint density at radius 1 is 0.913 bits per heavy atom. The number of benzene rings is 2. The summed E-state index contributed by atoms with van der Waals surface area (Å²) in [6.45, 7) is 0. The molecule has 0 fully saturated rings. The minimum atomic E-state index is -0.192. The van der Waals surface area contributed by atoms with Gasteiger partial charge in [0.05, 0.1) is 6.04 Å². The number of rotatable bonds is 3. The van der Waals surface area contributed by atoms with Gasteiger partial charge < -0.3 is 0 Å². The van der Waals surface area contributed by atoms with Gasteiger partial charge in [0, 0.05) is 12.2 Å². The molecule has 1 aliphatic heterocycles. The Morgan fingerprint density at radius 2 is 1.65 bits per heavy atom. The molecule has 4 rings (SSSR count). The zero-order valence-corrected chi connectivity index (χ0v) is 12.7. The van der Waals surface area contributed by atoms with Crippen LogP contribution in [-0.2, 0) is 22.4 Å². The first-order chi connectivity index (χ1) is 11.2. The standard InChI is InChI=1S/C20H17NO2/c22-18-11-12-19(23)21(18)17-10-9-15-7-4-8-16(20(15)17)13-14-5-2-1-3-6-14/h1-8,11-12,17H,9-10,13H2/t17-/m0/s1. The molecule has 1 atom stereocenters. The van der Waals surface area contributed by atoms with Gasteiger partial charge in [0.15, 0.2) is 0 Å². The van der Waals surface area contributed by atoms with Gasteiger partial charge in [-0.3, -0.25) is 14.5 Å². The van der Waals surface area contributed by atoms with Crippen molar-refractivity contribution in [2.75, 3.05) is 0 Å². The van der Waals surface area contributed by atoms with Crippen LogP contribution in [-0.4, -0.2) is 16.7 Å². The molecule has 114 valence electrons. The predicted molar refractivity (Wildman–Crippen MR) is 87.7 cm³/mol. The van der Waals surface area contributed by atoms with Crippen LogP contribution in [0.4, 0.5) is 0 Å². The van der Waals surface area contributed by atoms with Crippen LogP contribution in [0.2, 0.25) is 0 Å². The van der Waals surface area contributed by atoms with Crippen molar-refractivity contribution in [1.29, 1.82) is 0 Å². The lowest BCUT2D eigenvalue weighted by Crippen LogP contribution is -2.33. The summed E-state index contributed by atoms with van der Waals surface area (Å²) in [6.07, 6.45) is 5.31. The quantitative estimate of drug-likeness (QED) is 0.817. The average molecular weight is 303 g/mol. The minimum Gasteiger partial charge on any atom is -0.269 e. The zero-order chi connectivity index (χ0) is 15.8. The fourth-order valence-corrected chi connectivity index (χ4v) is 3.70. The normalized spacial score (nSPS) is 19.5. The maximum absolute atomic E-state index is 12.1. The molecule has 1 aliphatic carbocycles. The van der Waals surface area contributed by atoms with E-state index in [1.807, 2.05) is 18.2 Å². The van der Waals surface area contributed by atoms with Crippen molar-refractivity contribution in [3.63, 3.8) is 0 Å². The first-order valence-electron chi connectivity index (χ1n) is 7.94. The van der Waals surface area contributed by atoms with Crippen LogP contribution < -0.4 is 0 Å². The number of carbonyl (C=O) groups is 2. The van der Waals surface area contributed by atoms with Gasteiger partial charge in [0.25, 0.3) is 11.8 Å². The fourth-order valence-electron chi connectivity index (χ4n) is 3.70. The van der Waals surface area contributed by atoms with Crippen molar-refractivity contribution >= 4 is 11.8 Å². The molecule has 0 saturated heterocycles. The van der Waals surface area contributed by atoms with Crippen LogP contribution in [0.3, 0.4) is 0 Å². The summed E-state index contributed by atoms with van der Waals surface area (Å²) >= 11 is 0. The van der Waals surface area contributed by atoms with E-state index in [0.29, 0.717) is 0 Å². The van der Waals surface area contributed by atoms with Crippen molar-refractivity contribution in [1.82, 2.24) is 4.90 Å². The average Bonchev–Trinajstić information content (AvgIpc) is 3.12. The molecule has 0 radical (unpaired) electrons. The Morgan fingerprint density at radius 3 is 2.39 bits per heavy atom. The lowest BCUT2D eigenvalue weighted by molar-refractivity contribution is -0.139. The second kappa shape index (κ2) is 5.51. The molecule has 2 amide bonds. The SMILES string of the molecule is O=C1C=CC(=O)N1[C@H]1CCc2cccc(Cc3ccccc3)c21. The van der Waals surface area contributed by atoms with Crippen LogP contribution in [0.15, 0.2) is 60.7 Å². The Balaban J connectivity index is 1.73. The number of hydrogen-bond donors (Lipinski definition) is 0. The van der Waals surface area contributed by atoms with Gasteiger partial charge in [0.2, 0.25) is 0 Å². The summed E-state index contributed by atoms with van der Waals surface area (Å²) in [6, 6.07) is 16.5. The molecule has 3 heteroatoms. The van der Waals surface area contributed by atoms with Crippen molar-refractivity contribution in [3.8, 4) is 0 Å². The molecule has 2 aliphatic rings. The minimum absolute atomic E-state index is 0.125. The molecular weight excluding hydrogens is 286 g/mol. The Kier molecular flexibility index (Phi) is 3.34. The second-order valence-electron chi connectivity index (χ2n) is 6.09. The van der Waals surface area contributed by atoms with E-state index >= 15 is 0 Å². The zero-order valence-electron chi connectivity index (χ0n) is 12.7. The van der Waals surface area contributed by atoms with Gasteiger partial charge in [-0.1, -0.05) is 48.5 Å². The lowest BCUT2D eigenvalue weighted by atomic mass is 9.94. The molecule has 2 aromatic rings. The topological polar surface area (TPSA) is 37.4 Å². The molecular formula is C20H17NO2. The summed E-state index contributed by atoms with van der Waals surface area (Å²) in [5.41, 5.74) is 4.88. The summed E-state index contributed by atoms with van der Waals surface area (Å²) in [5, 5.41) is 0. The van der Waals surface area contributed by atoms with Crippen LogP contribution in [0.5, 0.6) is 0 Å². The third kappa shape index (κ3) is 2.38. The van der Waals surface area contributed by atoms with E-state index in [1.54, 1.807) is 0 Å². The Labute approximate surface area is 135 Å². The first-order valence-corrected chi connectivity index (χ1v) is 7.94. The number of imide groups is 1. The van der Waals surface area contributed by atoms with Crippen molar-refractivity contribution in [3.05, 3.63) is 82.9 Å². The van der Waals surface area contributed by atoms with E-state index in [4.69, 9.17) is 0 Å². The summed E-state index contributed by atoms with van der Waals surface area (Å²) in [5.74, 6) is -0.385. The lowest BCUT2D eigenvalue weighted by Gasteiger charge is -2.25. The van der Waals surface area contributed by atoms with E-state index in [0.717, 1.165) is 19.3 Å². The number of nitrogens with zero attached hydrogens (tertiary/aromatic N) is 1. The number of fused-ring (bicyclic) bond motifs is 1. The number of amides is 2. The molecule has 0 N–H and O–H groups in total. The smallest absolute Gasteiger partial charge is 0.254 e. The van der Waals surface area contributed by atoms with Crippen LogP contribution in [0, 0.1) is 0 Å². The molecule has 1 heterocycles. The third-order valence-corrected chi connectivity index (χ3v) is 4.70. The van der Waals surface area contributed by atoms with E-state index in [2.05, 4.69) is 30.3 Å². The van der Waals surface area contributed by atoms with Crippen molar-refractivity contribution in [2.24, 2.45) is 0 Å². The molecule has 0 spiro atoms. The first kappa shape index (κ1) is 13.9. The Hall–Kier alpha value is -2.68. The highest BCUT2D eigenvalue weighted by Gasteiger charge is 2.37. The monoisotopic (exact) mass is 303 g/mol. The van der Waals surface area contributed by atoms with Crippen LogP contribution in [0.1, 0.15) is 34.7 Å². The number of aryl methyl sites for hydroxylation is 1. The maximum Gasteiger partial charge on any atom is 0.254 e. The molecule has 3 nitrogen and oxygen atoms in total. The van der Waals surface area contributed by atoms with Crippen LogP contribution in [0.25, 0.3) is 0 Å². The summed E-state index contributed by atoms with van der Waals surface area (Å²) in [7, 11) is 0. The van der Waals surface area contributed by atoms with Crippen molar-refractivity contribution in [2.45, 2.75) is 25.3 Å². The van der Waals surface area contributed by atoms with Gasteiger partial charge >= 0.3 is 0 Å². The van der Waals surface area contributed by atoms with Crippen LogP contribution >= 0.6 is 0 Å². The van der Waals surface area contributed by atoms with E-state index in [-0.39, 0.29) is 17.9 Å². The second-order valence-corrected chi connectivity index (χ2v) is 6.09. The highest BCUT2D eigenvalue weighted by atomic mass is 16.2. The fraction of sp³-hybridized carbons (Fsp3) is 0.200. The molecule has 2 aromatic carbocycles. The number of hydrogen-bond acceptors (Lipinski definition) is 2.